The molecular formula is C19H19N7O8S. The maximum absolute atomic E-state index is 12.9. The van der Waals surface area contributed by atoms with E-state index in [9.17, 15) is 22.8 Å². The summed E-state index contributed by atoms with van der Waals surface area (Å²) in [6.07, 6.45) is 1.27. The van der Waals surface area contributed by atoms with Gasteiger partial charge in [0.2, 0.25) is 17.5 Å². The number of benzene rings is 1. The summed E-state index contributed by atoms with van der Waals surface area (Å²) in [5, 5.41) is 14.7. The Morgan fingerprint density at radius 3 is 2.57 bits per heavy atom. The molecule has 0 radical (unpaired) electrons. The molecule has 3 N–H and O–H groups in total. The summed E-state index contributed by atoms with van der Waals surface area (Å²) >= 11 is 0. The number of esters is 2. The smallest absolute Gasteiger partial charge is 0.369 e. The third-order valence-electron chi connectivity index (χ3n) is 3.84. The van der Waals surface area contributed by atoms with Crippen molar-refractivity contribution in [2.24, 2.45) is 5.10 Å². The number of aromatic nitrogens is 2. The number of urea groups is 1. The molecule has 0 saturated heterocycles. The first-order chi connectivity index (χ1) is 16.6. The molecule has 184 valence electrons. The van der Waals surface area contributed by atoms with Crippen molar-refractivity contribution in [2.45, 2.75) is 11.8 Å². The van der Waals surface area contributed by atoms with Crippen molar-refractivity contribution in [3.05, 3.63) is 36.0 Å². The zero-order valence-corrected chi connectivity index (χ0v) is 19.4. The summed E-state index contributed by atoms with van der Waals surface area (Å²) in [7, 11) is -2.30. The van der Waals surface area contributed by atoms with Gasteiger partial charge in [0, 0.05) is 12.3 Å². The molecule has 15 nitrogen and oxygen atoms in total. The molecule has 0 spiro atoms. The predicted octanol–water partition coefficient (Wildman–Crippen LogP) is 0.637. The molecular weight excluding hydrogens is 486 g/mol. The van der Waals surface area contributed by atoms with Crippen molar-refractivity contribution in [1.82, 2.24) is 14.7 Å². The second-order valence-electron chi connectivity index (χ2n) is 6.09. The largest absolute Gasteiger partial charge is 0.481 e. The van der Waals surface area contributed by atoms with E-state index in [2.05, 4.69) is 35.3 Å². The van der Waals surface area contributed by atoms with Gasteiger partial charge in [0.05, 0.1) is 32.1 Å². The van der Waals surface area contributed by atoms with Gasteiger partial charge < -0.3 is 14.2 Å². The van der Waals surface area contributed by atoms with E-state index in [0.717, 1.165) is 19.2 Å². The Kier molecular flexibility index (Phi) is 9.00. The number of carbonyl (C=O) groups excluding carboxylic acids is 3. The molecule has 0 aliphatic rings. The maximum Gasteiger partial charge on any atom is 0.369 e. The van der Waals surface area contributed by atoms with Gasteiger partial charge in [-0.3, -0.25) is 10.7 Å². The van der Waals surface area contributed by atoms with Crippen LogP contribution in [-0.2, 0) is 24.3 Å². The Balaban J connectivity index is 2.35. The molecule has 0 aliphatic carbocycles. The summed E-state index contributed by atoms with van der Waals surface area (Å²) in [6.45, 7) is 1.54. The van der Waals surface area contributed by atoms with Crippen LogP contribution in [0, 0.1) is 11.3 Å². The third-order valence-corrected chi connectivity index (χ3v) is 5.21. The Bertz CT molecular complexity index is 1300. The Labute approximate surface area is 199 Å². The lowest BCUT2D eigenvalue weighted by atomic mass is 10.2. The molecule has 2 rings (SSSR count). The van der Waals surface area contributed by atoms with Gasteiger partial charge in [0.1, 0.15) is 11.0 Å². The topological polar surface area (TPSA) is 211 Å². The van der Waals surface area contributed by atoms with E-state index in [4.69, 9.17) is 10.00 Å². The number of rotatable bonds is 9. The molecule has 35 heavy (non-hydrogen) atoms. The lowest BCUT2D eigenvalue weighted by Crippen LogP contribution is -2.35. The van der Waals surface area contributed by atoms with Crippen LogP contribution in [0.4, 0.5) is 16.4 Å². The molecule has 0 saturated carbocycles. The standard InChI is InChI=1S/C19H19N7O8S/c1-4-34-17(28)13(10-20)25-24-11-5-6-12(16(27)33-3)14(9-11)35(30,31)26-19(29)23-18-21-8-7-15(22-18)32-2/h5-9,24H,4H2,1-3H3,(H2,21,22,23,26,29)/b25-13+. The van der Waals surface area contributed by atoms with Gasteiger partial charge in [-0.25, -0.2) is 32.5 Å². The van der Waals surface area contributed by atoms with Gasteiger partial charge in [-0.1, -0.05) is 0 Å². The van der Waals surface area contributed by atoms with Crippen LogP contribution in [0.5, 0.6) is 5.88 Å². The van der Waals surface area contributed by atoms with Crippen LogP contribution in [0.15, 0.2) is 40.5 Å². The molecule has 1 heterocycles. The van der Waals surface area contributed by atoms with Gasteiger partial charge >= 0.3 is 18.0 Å². The van der Waals surface area contributed by atoms with Crippen LogP contribution in [0.25, 0.3) is 0 Å². The summed E-state index contributed by atoms with van der Waals surface area (Å²) in [4.78, 5) is 43.0. The van der Waals surface area contributed by atoms with Crippen LogP contribution >= 0.6 is 0 Å². The first-order valence-corrected chi connectivity index (χ1v) is 11.0. The van der Waals surface area contributed by atoms with Crippen LogP contribution in [0.3, 0.4) is 0 Å². The van der Waals surface area contributed by atoms with Gasteiger partial charge in [0.25, 0.3) is 10.0 Å². The number of sulfonamides is 1. The fourth-order valence-electron chi connectivity index (χ4n) is 2.35. The molecule has 0 fully saturated rings. The average molecular weight is 505 g/mol. The van der Waals surface area contributed by atoms with Crippen LogP contribution in [0.2, 0.25) is 0 Å². The molecule has 16 heteroatoms. The Morgan fingerprint density at radius 1 is 1.20 bits per heavy atom. The van der Waals surface area contributed by atoms with Crippen molar-refractivity contribution >= 4 is 45.3 Å². The van der Waals surface area contributed by atoms with Crippen molar-refractivity contribution in [3.63, 3.8) is 0 Å². The van der Waals surface area contributed by atoms with Crippen molar-refractivity contribution < 1.29 is 37.0 Å². The van der Waals surface area contributed by atoms with Crippen LogP contribution in [0.1, 0.15) is 17.3 Å². The van der Waals surface area contributed by atoms with E-state index in [0.29, 0.717) is 0 Å². The quantitative estimate of drug-likeness (QED) is 0.243. The van der Waals surface area contributed by atoms with Crippen molar-refractivity contribution in [2.75, 3.05) is 31.6 Å². The monoisotopic (exact) mass is 505 g/mol. The fourth-order valence-corrected chi connectivity index (χ4v) is 3.48. The third kappa shape index (κ3) is 7.10. The average Bonchev–Trinajstić information content (AvgIpc) is 2.83. The summed E-state index contributed by atoms with van der Waals surface area (Å²) in [5.41, 5.74) is 1.23. The molecule has 2 amide bonds. The van der Waals surface area contributed by atoms with Gasteiger partial charge in [-0.05, 0) is 25.1 Å². The normalized spacial score (nSPS) is 11.0. The van der Waals surface area contributed by atoms with Crippen LogP contribution in [-0.4, -0.2) is 62.9 Å². The number of nitriles is 1. The number of hydrogen-bond acceptors (Lipinski definition) is 13. The van der Waals surface area contributed by atoms with Crippen molar-refractivity contribution in [3.8, 4) is 11.9 Å². The summed E-state index contributed by atoms with van der Waals surface area (Å²) in [6, 6.07) is 4.96. The molecule has 0 aliphatic heterocycles. The number of anilines is 2. The number of ether oxygens (including phenoxy) is 3. The van der Waals surface area contributed by atoms with E-state index < -0.39 is 44.2 Å². The van der Waals surface area contributed by atoms with E-state index >= 15 is 0 Å². The number of nitrogens with zero attached hydrogens (tertiary/aromatic N) is 4. The number of methoxy groups -OCH3 is 2. The van der Waals surface area contributed by atoms with E-state index in [-0.39, 0.29) is 24.1 Å². The molecule has 2 aromatic rings. The highest BCUT2D eigenvalue weighted by Crippen LogP contribution is 2.22. The van der Waals surface area contributed by atoms with Gasteiger partial charge in [-0.2, -0.15) is 15.3 Å². The summed E-state index contributed by atoms with van der Waals surface area (Å²) in [5.74, 6) is -2.15. The SMILES string of the molecule is CCOC(=O)/C(C#N)=N/Nc1ccc(C(=O)OC)c(S(=O)(=O)NC(=O)Nc2nccc(OC)n2)c1. The highest BCUT2D eigenvalue weighted by atomic mass is 32.2. The number of carbonyl (C=O) groups is 3. The minimum atomic E-state index is -4.67. The first-order valence-electron chi connectivity index (χ1n) is 9.49. The molecule has 1 aromatic heterocycles. The van der Waals surface area contributed by atoms with Crippen LogP contribution < -0.4 is 20.2 Å². The lowest BCUT2D eigenvalue weighted by molar-refractivity contribution is -0.134. The number of hydrazone groups is 1. The Hall–Kier alpha value is -4.78. The van der Waals surface area contributed by atoms with E-state index in [1.165, 1.54) is 38.4 Å². The number of hydrogen-bond donors (Lipinski definition) is 3. The minimum absolute atomic E-state index is 0.00425. The molecule has 0 unspecified atom stereocenters. The van der Waals surface area contributed by atoms with Gasteiger partial charge in [0.15, 0.2) is 0 Å². The fraction of sp³-hybridized carbons (Fsp3) is 0.211. The predicted molar refractivity (Wildman–Crippen MR) is 119 cm³/mol. The van der Waals surface area contributed by atoms with E-state index in [1.54, 1.807) is 4.72 Å². The Morgan fingerprint density at radius 2 is 1.94 bits per heavy atom. The molecule has 0 atom stereocenters. The second-order valence-corrected chi connectivity index (χ2v) is 7.74. The van der Waals surface area contributed by atoms with E-state index in [1.807, 2.05) is 0 Å². The second kappa shape index (κ2) is 11.9. The summed E-state index contributed by atoms with van der Waals surface area (Å²) < 4.78 is 41.7. The first kappa shape index (κ1) is 26.5. The molecule has 0 bridgehead atoms. The number of amides is 2. The maximum atomic E-state index is 12.9. The zero-order chi connectivity index (χ0) is 26.0. The number of nitrogens with one attached hydrogen (secondary N) is 3. The molecule has 1 aromatic carbocycles. The minimum Gasteiger partial charge on any atom is -0.481 e. The van der Waals surface area contributed by atoms with Crippen molar-refractivity contribution in [1.29, 1.82) is 5.26 Å². The zero-order valence-electron chi connectivity index (χ0n) is 18.6. The lowest BCUT2D eigenvalue weighted by Gasteiger charge is -2.12. The van der Waals surface area contributed by atoms with Gasteiger partial charge in [-0.15, -0.1) is 0 Å². The highest BCUT2D eigenvalue weighted by Gasteiger charge is 2.26. The highest BCUT2D eigenvalue weighted by molar-refractivity contribution is 7.90.